The predicted molar refractivity (Wildman–Crippen MR) is 92.5 cm³/mol. The summed E-state index contributed by atoms with van der Waals surface area (Å²) in [6.45, 7) is 8.57. The van der Waals surface area contributed by atoms with E-state index in [0.717, 1.165) is 44.7 Å². The van der Waals surface area contributed by atoms with E-state index in [1.54, 1.807) is 0 Å². The molecule has 1 aliphatic heterocycles. The van der Waals surface area contributed by atoms with Crippen LogP contribution in [-0.4, -0.2) is 54.2 Å². The minimum absolute atomic E-state index is 0.219. The molecule has 2 rings (SSSR count). The molecule has 0 saturated carbocycles. The number of piperazine rings is 1. The molecule has 0 N–H and O–H groups in total. The van der Waals surface area contributed by atoms with Gasteiger partial charge in [0, 0.05) is 44.6 Å². The number of rotatable bonds is 7. The summed E-state index contributed by atoms with van der Waals surface area (Å²) < 4.78 is 0. The average Bonchev–Trinajstić information content (AvgIpc) is 2.55. The van der Waals surface area contributed by atoms with Gasteiger partial charge in [-0.15, -0.1) is 0 Å². The second-order valence-electron chi connectivity index (χ2n) is 6.71. The zero-order valence-electron chi connectivity index (χ0n) is 14.3. The summed E-state index contributed by atoms with van der Waals surface area (Å²) in [7, 11) is 0. The molecule has 4 heteroatoms. The summed E-state index contributed by atoms with van der Waals surface area (Å²) in [5, 5.41) is 0. The van der Waals surface area contributed by atoms with Crippen LogP contribution < -0.4 is 0 Å². The van der Waals surface area contributed by atoms with Gasteiger partial charge in [-0.3, -0.25) is 14.5 Å². The Balaban J connectivity index is 1.65. The summed E-state index contributed by atoms with van der Waals surface area (Å²) in [4.78, 5) is 28.4. The first-order valence-corrected chi connectivity index (χ1v) is 8.64. The summed E-state index contributed by atoms with van der Waals surface area (Å²) in [5.74, 6) is 0.916. The third kappa shape index (κ3) is 5.79. The monoisotopic (exact) mass is 316 g/mol. The van der Waals surface area contributed by atoms with Crippen molar-refractivity contribution in [3.05, 3.63) is 35.9 Å². The van der Waals surface area contributed by atoms with E-state index < -0.39 is 0 Å². The highest BCUT2D eigenvalue weighted by Gasteiger charge is 2.21. The summed E-state index contributed by atoms with van der Waals surface area (Å²) >= 11 is 0. The minimum Gasteiger partial charge on any atom is -0.340 e. The van der Waals surface area contributed by atoms with E-state index in [9.17, 15) is 9.59 Å². The first-order valence-electron chi connectivity index (χ1n) is 8.64. The van der Waals surface area contributed by atoms with Crippen molar-refractivity contribution in [1.29, 1.82) is 0 Å². The standard InChI is InChI=1S/C19H28N2O2/c1-16(2)15-19(23)21-13-11-20(12-14-21)10-6-9-18(22)17-7-4-3-5-8-17/h3-5,7-8,16H,6,9-15H2,1-2H3. The molecule has 1 fully saturated rings. The van der Waals surface area contributed by atoms with Gasteiger partial charge < -0.3 is 4.90 Å². The topological polar surface area (TPSA) is 40.6 Å². The molecular weight excluding hydrogens is 288 g/mol. The van der Waals surface area contributed by atoms with Crippen LogP contribution in [0.2, 0.25) is 0 Å². The van der Waals surface area contributed by atoms with Crippen molar-refractivity contribution < 1.29 is 9.59 Å². The molecule has 0 unspecified atom stereocenters. The predicted octanol–water partition coefficient (Wildman–Crippen LogP) is 2.84. The molecule has 126 valence electrons. The van der Waals surface area contributed by atoms with E-state index >= 15 is 0 Å². The van der Waals surface area contributed by atoms with Gasteiger partial charge in [0.2, 0.25) is 5.91 Å². The average molecular weight is 316 g/mol. The zero-order valence-corrected chi connectivity index (χ0v) is 14.3. The first kappa shape index (κ1) is 17.7. The third-order valence-electron chi connectivity index (χ3n) is 4.28. The fraction of sp³-hybridized carbons (Fsp3) is 0.579. The molecule has 1 aliphatic rings. The third-order valence-corrected chi connectivity index (χ3v) is 4.28. The van der Waals surface area contributed by atoms with Crippen LogP contribution in [-0.2, 0) is 4.79 Å². The van der Waals surface area contributed by atoms with Gasteiger partial charge >= 0.3 is 0 Å². The van der Waals surface area contributed by atoms with Crippen LogP contribution in [0.3, 0.4) is 0 Å². The number of ketones is 1. The number of benzene rings is 1. The maximum atomic E-state index is 12.1. The molecule has 0 aliphatic carbocycles. The van der Waals surface area contributed by atoms with Gasteiger partial charge in [-0.25, -0.2) is 0 Å². The fourth-order valence-electron chi connectivity index (χ4n) is 2.93. The number of hydrogen-bond acceptors (Lipinski definition) is 3. The van der Waals surface area contributed by atoms with Gasteiger partial charge in [0.1, 0.15) is 0 Å². The van der Waals surface area contributed by atoms with E-state index in [4.69, 9.17) is 0 Å². The number of hydrogen-bond donors (Lipinski definition) is 0. The minimum atomic E-state index is 0.219. The van der Waals surface area contributed by atoms with E-state index in [0.29, 0.717) is 18.8 Å². The number of carbonyl (C=O) groups is 2. The second kappa shape index (κ2) is 8.82. The van der Waals surface area contributed by atoms with Crippen LogP contribution in [0, 0.1) is 5.92 Å². The van der Waals surface area contributed by atoms with Gasteiger partial charge in [-0.05, 0) is 18.9 Å². The lowest BCUT2D eigenvalue weighted by Gasteiger charge is -2.35. The number of amides is 1. The molecule has 1 heterocycles. The number of Topliss-reactive ketones (excluding diaryl/α,β-unsaturated/α-hetero) is 1. The highest BCUT2D eigenvalue weighted by molar-refractivity contribution is 5.95. The largest absolute Gasteiger partial charge is 0.340 e. The molecule has 0 spiro atoms. The Bertz CT molecular complexity index is 505. The maximum absolute atomic E-state index is 12.1. The van der Waals surface area contributed by atoms with Crippen molar-refractivity contribution in [2.24, 2.45) is 5.92 Å². The Morgan fingerprint density at radius 1 is 1.04 bits per heavy atom. The van der Waals surface area contributed by atoms with Crippen LogP contribution in [0.15, 0.2) is 30.3 Å². The number of nitrogens with zero attached hydrogens (tertiary/aromatic N) is 2. The highest BCUT2D eigenvalue weighted by Crippen LogP contribution is 2.10. The van der Waals surface area contributed by atoms with Crippen molar-refractivity contribution in [3.8, 4) is 0 Å². The molecule has 23 heavy (non-hydrogen) atoms. The van der Waals surface area contributed by atoms with Crippen LogP contribution in [0.25, 0.3) is 0 Å². The highest BCUT2D eigenvalue weighted by atomic mass is 16.2. The van der Waals surface area contributed by atoms with Crippen molar-refractivity contribution in [3.63, 3.8) is 0 Å². The van der Waals surface area contributed by atoms with Crippen molar-refractivity contribution in [1.82, 2.24) is 9.80 Å². The molecule has 4 nitrogen and oxygen atoms in total. The Hall–Kier alpha value is -1.68. The quantitative estimate of drug-likeness (QED) is 0.726. The molecule has 0 bridgehead atoms. The van der Waals surface area contributed by atoms with Gasteiger partial charge in [0.15, 0.2) is 5.78 Å². The van der Waals surface area contributed by atoms with Gasteiger partial charge in [0.25, 0.3) is 0 Å². The molecule has 1 aromatic carbocycles. The van der Waals surface area contributed by atoms with Gasteiger partial charge in [-0.2, -0.15) is 0 Å². The lowest BCUT2D eigenvalue weighted by atomic mass is 10.1. The van der Waals surface area contributed by atoms with Crippen LogP contribution in [0.4, 0.5) is 0 Å². The fourth-order valence-corrected chi connectivity index (χ4v) is 2.93. The van der Waals surface area contributed by atoms with Crippen molar-refractivity contribution in [2.75, 3.05) is 32.7 Å². The Labute approximate surface area is 139 Å². The Morgan fingerprint density at radius 2 is 1.70 bits per heavy atom. The lowest BCUT2D eigenvalue weighted by Crippen LogP contribution is -2.49. The summed E-state index contributed by atoms with van der Waals surface area (Å²) in [6.07, 6.45) is 2.12. The van der Waals surface area contributed by atoms with E-state index in [2.05, 4.69) is 18.7 Å². The SMILES string of the molecule is CC(C)CC(=O)N1CCN(CCCC(=O)c2ccccc2)CC1. The molecular formula is C19H28N2O2. The Kier molecular flexibility index (Phi) is 6.78. The molecule has 1 aromatic rings. The van der Waals surface area contributed by atoms with Crippen LogP contribution in [0.1, 0.15) is 43.5 Å². The smallest absolute Gasteiger partial charge is 0.222 e. The summed E-state index contributed by atoms with van der Waals surface area (Å²) in [6, 6.07) is 9.49. The lowest BCUT2D eigenvalue weighted by molar-refractivity contribution is -0.133. The van der Waals surface area contributed by atoms with Crippen molar-refractivity contribution in [2.45, 2.75) is 33.1 Å². The molecule has 0 aromatic heterocycles. The van der Waals surface area contributed by atoms with Gasteiger partial charge in [-0.1, -0.05) is 44.2 Å². The van der Waals surface area contributed by atoms with Crippen LogP contribution in [0.5, 0.6) is 0 Å². The molecule has 0 atom stereocenters. The van der Waals surface area contributed by atoms with E-state index in [-0.39, 0.29) is 11.7 Å². The van der Waals surface area contributed by atoms with E-state index in [1.165, 1.54) is 0 Å². The van der Waals surface area contributed by atoms with Crippen LogP contribution >= 0.6 is 0 Å². The molecule has 0 radical (unpaired) electrons. The van der Waals surface area contributed by atoms with E-state index in [1.807, 2.05) is 35.2 Å². The second-order valence-corrected chi connectivity index (χ2v) is 6.71. The summed E-state index contributed by atoms with van der Waals surface area (Å²) in [5.41, 5.74) is 0.802. The Morgan fingerprint density at radius 3 is 2.30 bits per heavy atom. The molecule has 1 amide bonds. The molecule has 1 saturated heterocycles. The normalized spacial score (nSPS) is 15.9. The first-order chi connectivity index (χ1) is 11.1. The zero-order chi connectivity index (χ0) is 16.7. The number of carbonyl (C=O) groups excluding carboxylic acids is 2. The van der Waals surface area contributed by atoms with Crippen molar-refractivity contribution >= 4 is 11.7 Å². The van der Waals surface area contributed by atoms with Gasteiger partial charge in [0.05, 0.1) is 0 Å². The maximum Gasteiger partial charge on any atom is 0.222 e.